The van der Waals surface area contributed by atoms with E-state index in [1.54, 1.807) is 0 Å². The highest BCUT2D eigenvalue weighted by Crippen LogP contribution is 2.42. The van der Waals surface area contributed by atoms with Gasteiger partial charge in [0, 0.05) is 55.0 Å². The molecule has 1 aliphatic carbocycles. The maximum atomic E-state index is 13.9. The lowest BCUT2D eigenvalue weighted by Gasteiger charge is -2.42. The summed E-state index contributed by atoms with van der Waals surface area (Å²) in [4.78, 5) is 30.5. The third kappa shape index (κ3) is 4.66. The minimum absolute atomic E-state index is 0.0607. The minimum atomic E-state index is -0.274. The van der Waals surface area contributed by atoms with Gasteiger partial charge in [-0.25, -0.2) is 0 Å². The third-order valence-electron chi connectivity index (χ3n) is 8.57. The molecule has 1 saturated carbocycles. The Labute approximate surface area is 228 Å². The van der Waals surface area contributed by atoms with E-state index in [1.165, 1.54) is 6.42 Å². The van der Waals surface area contributed by atoms with E-state index in [1.807, 2.05) is 51.9 Å². The van der Waals surface area contributed by atoms with Crippen molar-refractivity contribution in [3.63, 3.8) is 0 Å². The summed E-state index contributed by atoms with van der Waals surface area (Å²) < 4.78 is 8.36. The Morgan fingerprint density at radius 1 is 1.05 bits per heavy atom. The summed E-state index contributed by atoms with van der Waals surface area (Å²) in [5, 5.41) is 6.45. The van der Waals surface area contributed by atoms with Crippen LogP contribution in [0.3, 0.4) is 0 Å². The summed E-state index contributed by atoms with van der Waals surface area (Å²) >= 11 is 6.74. The molecule has 7 nitrogen and oxygen atoms in total. The number of aryl methyl sites for hydroxylation is 1. The van der Waals surface area contributed by atoms with Gasteiger partial charge in [0.05, 0.1) is 11.6 Å². The van der Waals surface area contributed by atoms with E-state index in [0.29, 0.717) is 37.6 Å². The highest BCUT2D eigenvalue weighted by molar-refractivity contribution is 6.31. The van der Waals surface area contributed by atoms with Crippen LogP contribution in [0.5, 0.6) is 5.75 Å². The van der Waals surface area contributed by atoms with Gasteiger partial charge in [0.15, 0.2) is 0 Å². The van der Waals surface area contributed by atoms with E-state index in [0.717, 1.165) is 72.1 Å². The zero-order chi connectivity index (χ0) is 26.2. The van der Waals surface area contributed by atoms with E-state index >= 15 is 0 Å². The fourth-order valence-electron chi connectivity index (χ4n) is 6.59. The van der Waals surface area contributed by atoms with Crippen molar-refractivity contribution in [3.8, 4) is 5.75 Å². The van der Waals surface area contributed by atoms with Gasteiger partial charge in [-0.05, 0) is 49.4 Å². The molecular formula is C30H35ClN4O3. The second kappa shape index (κ2) is 10.6. The van der Waals surface area contributed by atoms with Crippen LogP contribution in [0, 0.1) is 5.92 Å². The molecule has 1 aromatic heterocycles. The van der Waals surface area contributed by atoms with Crippen LogP contribution in [0.1, 0.15) is 67.8 Å². The van der Waals surface area contributed by atoms with Gasteiger partial charge >= 0.3 is 0 Å². The number of carbonyl (C=O) groups is 2. The molecule has 3 heterocycles. The second-order valence-corrected chi connectivity index (χ2v) is 11.3. The van der Waals surface area contributed by atoms with Crippen molar-refractivity contribution in [2.45, 2.75) is 64.0 Å². The first kappa shape index (κ1) is 25.2. The number of halogens is 1. The van der Waals surface area contributed by atoms with Crippen molar-refractivity contribution in [2.75, 3.05) is 19.6 Å². The van der Waals surface area contributed by atoms with Gasteiger partial charge in [-0.3, -0.25) is 14.3 Å². The predicted molar refractivity (Wildman–Crippen MR) is 147 cm³/mol. The first-order valence-electron chi connectivity index (χ1n) is 13.9. The molecule has 2 fully saturated rings. The minimum Gasteiger partial charge on any atom is -0.487 e. The molecule has 3 aliphatic rings. The van der Waals surface area contributed by atoms with Crippen molar-refractivity contribution in [1.29, 1.82) is 0 Å². The lowest BCUT2D eigenvalue weighted by Crippen LogP contribution is -2.48. The highest BCUT2D eigenvalue weighted by Gasteiger charge is 2.39. The van der Waals surface area contributed by atoms with Crippen LogP contribution < -0.4 is 4.74 Å². The predicted octanol–water partition coefficient (Wildman–Crippen LogP) is 5.43. The third-order valence-corrected chi connectivity index (χ3v) is 8.93. The fourth-order valence-corrected chi connectivity index (χ4v) is 6.85. The van der Waals surface area contributed by atoms with Crippen LogP contribution in [-0.4, -0.2) is 51.0 Å². The number of rotatable bonds is 6. The zero-order valence-electron chi connectivity index (χ0n) is 22.0. The molecule has 2 aromatic carbocycles. The van der Waals surface area contributed by atoms with Gasteiger partial charge in [0.2, 0.25) is 11.8 Å². The van der Waals surface area contributed by atoms with Crippen LogP contribution in [0.2, 0.25) is 5.02 Å². The topological polar surface area (TPSA) is 67.7 Å². The summed E-state index contributed by atoms with van der Waals surface area (Å²) in [6, 6.07) is 11.7. The normalized spacial score (nSPS) is 20.3. The number of hydrogen-bond acceptors (Lipinski definition) is 4. The number of aromatic nitrogens is 2. The molecule has 2 aliphatic heterocycles. The average Bonchev–Trinajstić information content (AvgIpc) is 3.50. The lowest BCUT2D eigenvalue weighted by atomic mass is 9.85. The molecule has 0 bridgehead atoms. The Morgan fingerprint density at radius 2 is 1.87 bits per heavy atom. The van der Waals surface area contributed by atoms with Crippen LogP contribution in [-0.2, 0) is 29.7 Å². The van der Waals surface area contributed by atoms with E-state index in [4.69, 9.17) is 21.4 Å². The number of nitrogens with zero attached hydrogens (tertiary/aromatic N) is 4. The lowest BCUT2D eigenvalue weighted by molar-refractivity contribution is -0.141. The largest absolute Gasteiger partial charge is 0.487 e. The van der Waals surface area contributed by atoms with Crippen molar-refractivity contribution in [2.24, 2.45) is 13.0 Å². The van der Waals surface area contributed by atoms with E-state index in [9.17, 15) is 9.59 Å². The fraction of sp³-hybridized carbons (Fsp3) is 0.500. The van der Waals surface area contributed by atoms with Crippen LogP contribution in [0.25, 0.3) is 10.9 Å². The van der Waals surface area contributed by atoms with Crippen molar-refractivity contribution in [3.05, 3.63) is 58.2 Å². The molecule has 0 N–H and O–H groups in total. The number of benzene rings is 2. The molecule has 8 heteroatoms. The van der Waals surface area contributed by atoms with Crippen LogP contribution in [0.15, 0.2) is 36.4 Å². The van der Waals surface area contributed by atoms with Crippen molar-refractivity contribution < 1.29 is 14.3 Å². The van der Waals surface area contributed by atoms with Gasteiger partial charge in [-0.1, -0.05) is 49.1 Å². The number of ether oxygens (including phenoxy) is 1. The summed E-state index contributed by atoms with van der Waals surface area (Å²) in [5.74, 6) is 1.16. The molecule has 0 spiro atoms. The Bertz CT molecular complexity index is 1360. The summed E-state index contributed by atoms with van der Waals surface area (Å²) in [6.07, 6.45) is 7.42. The molecule has 1 atom stereocenters. The molecule has 38 heavy (non-hydrogen) atoms. The molecule has 1 saturated heterocycles. The first-order chi connectivity index (χ1) is 18.5. The summed E-state index contributed by atoms with van der Waals surface area (Å²) in [7, 11) is 1.94. The van der Waals surface area contributed by atoms with Crippen molar-refractivity contribution in [1.82, 2.24) is 19.6 Å². The smallest absolute Gasteiger partial charge is 0.226 e. The Morgan fingerprint density at radius 3 is 2.66 bits per heavy atom. The monoisotopic (exact) mass is 534 g/mol. The quantitative estimate of drug-likeness (QED) is 0.422. The zero-order valence-corrected chi connectivity index (χ0v) is 22.8. The van der Waals surface area contributed by atoms with Gasteiger partial charge in [0.25, 0.3) is 0 Å². The average molecular weight is 535 g/mol. The van der Waals surface area contributed by atoms with E-state index in [-0.39, 0.29) is 23.8 Å². The number of hydrogen-bond donors (Lipinski definition) is 0. The first-order valence-corrected chi connectivity index (χ1v) is 14.3. The van der Waals surface area contributed by atoms with Crippen molar-refractivity contribution >= 4 is 34.3 Å². The van der Waals surface area contributed by atoms with Gasteiger partial charge in [-0.2, -0.15) is 5.10 Å². The number of likely N-dealkylation sites (tertiary alicyclic amines) is 1. The van der Waals surface area contributed by atoms with Gasteiger partial charge in [0.1, 0.15) is 18.1 Å². The maximum absolute atomic E-state index is 13.9. The van der Waals surface area contributed by atoms with Gasteiger partial charge < -0.3 is 14.5 Å². The number of fused-ring (bicyclic) bond motifs is 2. The van der Waals surface area contributed by atoms with Crippen LogP contribution >= 0.6 is 11.6 Å². The number of carbonyl (C=O) groups excluding carboxylic acids is 2. The Balaban J connectivity index is 1.36. The number of para-hydroxylation sites is 1. The summed E-state index contributed by atoms with van der Waals surface area (Å²) in [5.41, 5.74) is 3.90. The molecule has 0 unspecified atom stereocenters. The standard InChI is InChI=1S/C30H35ClN4O3/c1-33-25-11-6-5-10-22(25)24(32-33)19-38-27-14-13-23(31)21-15-17-35(30(37)20-8-3-2-4-9-20)26(29(21)27)18-34-16-7-12-28(34)36/h5-6,10-11,13-14,20,26H,2-4,7-9,12,15-19H2,1H3/t26-/m1/s1. The Hall–Kier alpha value is -3.06. The number of amides is 2. The van der Waals surface area contributed by atoms with E-state index < -0.39 is 0 Å². The Kier molecular flexibility index (Phi) is 7.04. The van der Waals surface area contributed by atoms with Crippen LogP contribution in [0.4, 0.5) is 0 Å². The SMILES string of the molecule is Cn1nc(COc2ccc(Cl)c3c2[C@@H](CN2CCCC2=O)N(C(=O)C2CCCCC2)CC3)c2ccccc21. The molecular weight excluding hydrogens is 500 g/mol. The molecule has 3 aromatic rings. The van der Waals surface area contributed by atoms with Gasteiger partial charge in [-0.15, -0.1) is 0 Å². The molecule has 6 rings (SSSR count). The summed E-state index contributed by atoms with van der Waals surface area (Å²) in [6.45, 7) is 2.13. The highest BCUT2D eigenvalue weighted by atomic mass is 35.5. The van der Waals surface area contributed by atoms with E-state index in [2.05, 4.69) is 6.07 Å². The maximum Gasteiger partial charge on any atom is 0.226 e. The second-order valence-electron chi connectivity index (χ2n) is 10.9. The molecule has 2 amide bonds. The molecule has 0 radical (unpaired) electrons. The molecule has 200 valence electrons.